The molecular weight excluding hydrogens is 280 g/mol. The second-order valence-electron chi connectivity index (χ2n) is 5.16. The van der Waals surface area contributed by atoms with Crippen LogP contribution >= 0.6 is 0 Å². The van der Waals surface area contributed by atoms with Gasteiger partial charge in [0.15, 0.2) is 0 Å². The standard InChI is InChI=1S/C17H22N2O3/c1-13-16(17(20)21-2)10-15(22-13)12-19(9-8-18)11-14-6-4-3-5-7-14/h3-7,10H,8-9,11-12,18H2,1-2H3. The molecule has 0 saturated heterocycles. The van der Waals surface area contributed by atoms with Crippen molar-refractivity contribution < 1.29 is 13.9 Å². The quantitative estimate of drug-likeness (QED) is 0.795. The third-order valence-electron chi connectivity index (χ3n) is 3.45. The molecule has 0 radical (unpaired) electrons. The second-order valence-corrected chi connectivity index (χ2v) is 5.16. The first-order valence-electron chi connectivity index (χ1n) is 7.28. The van der Waals surface area contributed by atoms with Crippen molar-refractivity contribution in [3.8, 4) is 0 Å². The van der Waals surface area contributed by atoms with Crippen LogP contribution in [0, 0.1) is 6.92 Å². The minimum atomic E-state index is -0.374. The van der Waals surface area contributed by atoms with Crippen LogP contribution in [0.1, 0.15) is 27.4 Å². The highest BCUT2D eigenvalue weighted by Crippen LogP contribution is 2.18. The first kappa shape index (κ1) is 16.3. The van der Waals surface area contributed by atoms with Gasteiger partial charge in [0, 0.05) is 19.6 Å². The lowest BCUT2D eigenvalue weighted by molar-refractivity contribution is 0.0599. The van der Waals surface area contributed by atoms with Crippen molar-refractivity contribution in [3.63, 3.8) is 0 Å². The number of nitrogens with zero attached hydrogens (tertiary/aromatic N) is 1. The molecule has 0 fully saturated rings. The van der Waals surface area contributed by atoms with Crippen LogP contribution in [0.4, 0.5) is 0 Å². The molecule has 0 spiro atoms. The number of esters is 1. The summed E-state index contributed by atoms with van der Waals surface area (Å²) in [5.74, 6) is 0.942. The molecule has 0 aliphatic heterocycles. The number of carbonyl (C=O) groups excluding carboxylic acids is 1. The highest BCUT2D eigenvalue weighted by molar-refractivity contribution is 5.90. The monoisotopic (exact) mass is 302 g/mol. The number of methoxy groups -OCH3 is 1. The van der Waals surface area contributed by atoms with Gasteiger partial charge in [-0.3, -0.25) is 4.90 Å². The second kappa shape index (κ2) is 7.77. The fourth-order valence-electron chi connectivity index (χ4n) is 2.39. The molecule has 22 heavy (non-hydrogen) atoms. The number of aryl methyl sites for hydroxylation is 1. The average Bonchev–Trinajstić information content (AvgIpc) is 2.88. The summed E-state index contributed by atoms with van der Waals surface area (Å²) in [6.45, 7) is 4.47. The minimum Gasteiger partial charge on any atom is -0.465 e. The summed E-state index contributed by atoms with van der Waals surface area (Å²) in [7, 11) is 1.37. The molecular formula is C17H22N2O3. The van der Waals surface area contributed by atoms with Gasteiger partial charge in [0.1, 0.15) is 17.1 Å². The van der Waals surface area contributed by atoms with E-state index in [1.54, 1.807) is 13.0 Å². The Morgan fingerprint density at radius 3 is 2.64 bits per heavy atom. The van der Waals surface area contributed by atoms with E-state index in [2.05, 4.69) is 17.0 Å². The number of nitrogens with two attached hydrogens (primary N) is 1. The predicted molar refractivity (Wildman–Crippen MR) is 84.4 cm³/mol. The van der Waals surface area contributed by atoms with E-state index >= 15 is 0 Å². The van der Waals surface area contributed by atoms with E-state index in [1.807, 2.05) is 18.2 Å². The fraction of sp³-hybridized carbons (Fsp3) is 0.353. The van der Waals surface area contributed by atoms with Crippen molar-refractivity contribution in [2.75, 3.05) is 20.2 Å². The van der Waals surface area contributed by atoms with Gasteiger partial charge in [0.2, 0.25) is 0 Å². The van der Waals surface area contributed by atoms with Gasteiger partial charge >= 0.3 is 5.97 Å². The Balaban J connectivity index is 2.09. The zero-order chi connectivity index (χ0) is 15.9. The molecule has 0 atom stereocenters. The normalized spacial score (nSPS) is 10.9. The van der Waals surface area contributed by atoms with Crippen molar-refractivity contribution in [1.82, 2.24) is 4.90 Å². The lowest BCUT2D eigenvalue weighted by atomic mass is 10.2. The molecule has 1 heterocycles. The average molecular weight is 302 g/mol. The van der Waals surface area contributed by atoms with E-state index < -0.39 is 0 Å². The van der Waals surface area contributed by atoms with E-state index in [0.29, 0.717) is 24.4 Å². The highest BCUT2D eigenvalue weighted by atomic mass is 16.5. The van der Waals surface area contributed by atoms with Crippen LogP contribution in [0.2, 0.25) is 0 Å². The number of carbonyl (C=O) groups is 1. The summed E-state index contributed by atoms with van der Waals surface area (Å²) in [6, 6.07) is 11.9. The van der Waals surface area contributed by atoms with Crippen LogP contribution in [0.5, 0.6) is 0 Å². The number of ether oxygens (including phenoxy) is 1. The van der Waals surface area contributed by atoms with Gasteiger partial charge in [-0.15, -0.1) is 0 Å². The zero-order valence-electron chi connectivity index (χ0n) is 13.0. The molecule has 0 amide bonds. The minimum absolute atomic E-state index is 0.374. The highest BCUT2D eigenvalue weighted by Gasteiger charge is 2.17. The topological polar surface area (TPSA) is 68.7 Å². The third-order valence-corrected chi connectivity index (χ3v) is 3.45. The smallest absolute Gasteiger partial charge is 0.341 e. The molecule has 118 valence electrons. The summed E-state index contributed by atoms with van der Waals surface area (Å²) in [5, 5.41) is 0. The molecule has 2 rings (SSSR count). The van der Waals surface area contributed by atoms with E-state index in [-0.39, 0.29) is 5.97 Å². The van der Waals surface area contributed by atoms with Crippen molar-refractivity contribution in [2.24, 2.45) is 5.73 Å². The number of benzene rings is 1. The lowest BCUT2D eigenvalue weighted by Crippen LogP contribution is -2.28. The summed E-state index contributed by atoms with van der Waals surface area (Å²) in [6.07, 6.45) is 0. The Morgan fingerprint density at radius 2 is 2.00 bits per heavy atom. The predicted octanol–water partition coefficient (Wildman–Crippen LogP) is 2.34. The molecule has 5 heteroatoms. The first-order valence-corrected chi connectivity index (χ1v) is 7.28. The maximum atomic E-state index is 11.6. The number of rotatable bonds is 7. The molecule has 2 N–H and O–H groups in total. The van der Waals surface area contributed by atoms with Crippen LogP contribution in [0.25, 0.3) is 0 Å². The molecule has 1 aromatic carbocycles. The lowest BCUT2D eigenvalue weighted by Gasteiger charge is -2.20. The maximum Gasteiger partial charge on any atom is 0.341 e. The summed E-state index contributed by atoms with van der Waals surface area (Å²) in [4.78, 5) is 13.8. The number of hydrogen-bond acceptors (Lipinski definition) is 5. The fourth-order valence-corrected chi connectivity index (χ4v) is 2.39. The van der Waals surface area contributed by atoms with Crippen LogP contribution in [-0.2, 0) is 17.8 Å². The van der Waals surface area contributed by atoms with Crippen molar-refractivity contribution in [2.45, 2.75) is 20.0 Å². The molecule has 2 aromatic rings. The van der Waals surface area contributed by atoms with E-state index in [9.17, 15) is 4.79 Å². The summed E-state index contributed by atoms with van der Waals surface area (Å²) >= 11 is 0. The van der Waals surface area contributed by atoms with E-state index in [4.69, 9.17) is 14.9 Å². The number of furan rings is 1. The Hall–Kier alpha value is -2.11. The molecule has 0 aliphatic carbocycles. The van der Waals surface area contributed by atoms with Crippen LogP contribution in [0.3, 0.4) is 0 Å². The molecule has 0 unspecified atom stereocenters. The van der Waals surface area contributed by atoms with Gasteiger partial charge in [-0.05, 0) is 18.6 Å². The molecule has 5 nitrogen and oxygen atoms in total. The van der Waals surface area contributed by atoms with Gasteiger partial charge in [0.25, 0.3) is 0 Å². The number of hydrogen-bond donors (Lipinski definition) is 1. The van der Waals surface area contributed by atoms with E-state index in [0.717, 1.165) is 18.8 Å². The van der Waals surface area contributed by atoms with Crippen LogP contribution < -0.4 is 5.73 Å². The van der Waals surface area contributed by atoms with Crippen LogP contribution in [0.15, 0.2) is 40.8 Å². The zero-order valence-corrected chi connectivity index (χ0v) is 13.0. The summed E-state index contributed by atoms with van der Waals surface area (Å²) in [5.41, 5.74) is 7.39. The Bertz CT molecular complexity index is 608. The van der Waals surface area contributed by atoms with Crippen molar-refractivity contribution in [3.05, 3.63) is 59.0 Å². The Morgan fingerprint density at radius 1 is 1.27 bits per heavy atom. The van der Waals surface area contributed by atoms with Gasteiger partial charge < -0.3 is 14.9 Å². The Labute approximate surface area is 130 Å². The van der Waals surface area contributed by atoms with Gasteiger partial charge in [0.05, 0.1) is 13.7 Å². The molecule has 1 aromatic heterocycles. The first-order chi connectivity index (χ1) is 10.6. The maximum absolute atomic E-state index is 11.6. The Kier molecular flexibility index (Phi) is 5.75. The van der Waals surface area contributed by atoms with Gasteiger partial charge in [-0.1, -0.05) is 30.3 Å². The molecule has 0 aliphatic rings. The van der Waals surface area contributed by atoms with E-state index in [1.165, 1.54) is 12.7 Å². The van der Waals surface area contributed by atoms with Crippen molar-refractivity contribution >= 4 is 5.97 Å². The largest absolute Gasteiger partial charge is 0.465 e. The third kappa shape index (κ3) is 4.19. The molecule has 0 bridgehead atoms. The van der Waals surface area contributed by atoms with Crippen molar-refractivity contribution in [1.29, 1.82) is 0 Å². The van der Waals surface area contributed by atoms with Crippen LogP contribution in [-0.4, -0.2) is 31.1 Å². The van der Waals surface area contributed by atoms with Gasteiger partial charge in [-0.2, -0.15) is 0 Å². The van der Waals surface area contributed by atoms with Gasteiger partial charge in [-0.25, -0.2) is 4.79 Å². The summed E-state index contributed by atoms with van der Waals surface area (Å²) < 4.78 is 10.4. The SMILES string of the molecule is COC(=O)c1cc(CN(CCN)Cc2ccccc2)oc1C. The molecule has 0 saturated carbocycles.